The van der Waals surface area contributed by atoms with Gasteiger partial charge in [0.05, 0.1) is 0 Å². The first-order chi connectivity index (χ1) is 6.99. The molecule has 0 aromatic heterocycles. The zero-order chi connectivity index (χ0) is 11.7. The van der Waals surface area contributed by atoms with Gasteiger partial charge in [-0.1, -0.05) is 19.8 Å². The molecule has 0 atom stereocenters. The Kier molecular flexibility index (Phi) is 7.52. The summed E-state index contributed by atoms with van der Waals surface area (Å²) in [7, 11) is 0. The van der Waals surface area contributed by atoms with E-state index in [2.05, 4.69) is 51.4 Å². The molecule has 0 unspecified atom stereocenters. The Morgan fingerprint density at radius 1 is 1.07 bits per heavy atom. The fourth-order valence-corrected chi connectivity index (χ4v) is 1.46. The largest absolute Gasteiger partial charge is 0.304 e. The third kappa shape index (κ3) is 9.82. The molecule has 0 aromatic rings. The van der Waals surface area contributed by atoms with Gasteiger partial charge in [0.25, 0.3) is 0 Å². The fraction of sp³-hybridized carbons (Fsp3) is 0.857. The van der Waals surface area contributed by atoms with E-state index in [1.807, 2.05) is 0 Å². The molecule has 0 rings (SSSR count). The number of unbranched alkanes of at least 4 members (excludes halogenated alkanes) is 1. The van der Waals surface area contributed by atoms with Gasteiger partial charge in [0.2, 0.25) is 0 Å². The Hall–Kier alpha value is -0.480. The highest BCUT2D eigenvalue weighted by molar-refractivity contribution is 5.06. The van der Waals surface area contributed by atoms with Gasteiger partial charge in [-0.25, -0.2) is 0 Å². The Labute approximate surface area is 96.2 Å². The van der Waals surface area contributed by atoms with E-state index < -0.39 is 0 Å². The standard InChI is InChI=1S/C14H27N/c1-6-12-15(7-2)13-10-8-9-11-14(3,4)5/h6-8,10,12-13H2,1-5H3. The van der Waals surface area contributed by atoms with Crippen LogP contribution < -0.4 is 0 Å². The van der Waals surface area contributed by atoms with Crippen molar-refractivity contribution in [3.05, 3.63) is 0 Å². The monoisotopic (exact) mass is 209 g/mol. The Balaban J connectivity index is 3.63. The van der Waals surface area contributed by atoms with Crippen molar-refractivity contribution in [1.29, 1.82) is 0 Å². The second-order valence-corrected chi connectivity index (χ2v) is 5.09. The zero-order valence-electron chi connectivity index (χ0n) is 11.2. The van der Waals surface area contributed by atoms with Crippen LogP contribution in [0.3, 0.4) is 0 Å². The van der Waals surface area contributed by atoms with Crippen molar-refractivity contribution >= 4 is 0 Å². The first-order valence-electron chi connectivity index (χ1n) is 6.22. The maximum atomic E-state index is 3.28. The molecule has 0 bridgehead atoms. The molecule has 0 N–H and O–H groups in total. The zero-order valence-corrected chi connectivity index (χ0v) is 11.2. The van der Waals surface area contributed by atoms with Crippen molar-refractivity contribution < 1.29 is 0 Å². The predicted molar refractivity (Wildman–Crippen MR) is 68.9 cm³/mol. The number of hydrogen-bond donors (Lipinski definition) is 0. The molecule has 88 valence electrons. The summed E-state index contributed by atoms with van der Waals surface area (Å²) in [6.07, 6.45) is 3.50. The molecule has 15 heavy (non-hydrogen) atoms. The minimum Gasteiger partial charge on any atom is -0.304 e. The van der Waals surface area contributed by atoms with E-state index in [4.69, 9.17) is 0 Å². The normalized spacial score (nSPS) is 11.3. The van der Waals surface area contributed by atoms with Gasteiger partial charge in [-0.15, -0.1) is 5.92 Å². The van der Waals surface area contributed by atoms with E-state index in [0.29, 0.717) is 0 Å². The van der Waals surface area contributed by atoms with Crippen LogP contribution in [0.2, 0.25) is 0 Å². The SMILES string of the molecule is CCCN(CC)CCCC#CC(C)(C)C. The molecule has 0 spiro atoms. The van der Waals surface area contributed by atoms with Crippen molar-refractivity contribution in [3.63, 3.8) is 0 Å². The highest BCUT2D eigenvalue weighted by atomic mass is 15.1. The van der Waals surface area contributed by atoms with Crippen LogP contribution in [0.25, 0.3) is 0 Å². The van der Waals surface area contributed by atoms with Crippen LogP contribution in [0.5, 0.6) is 0 Å². The van der Waals surface area contributed by atoms with E-state index >= 15 is 0 Å². The molecular weight excluding hydrogens is 182 g/mol. The molecule has 0 aliphatic carbocycles. The Morgan fingerprint density at radius 2 is 1.73 bits per heavy atom. The van der Waals surface area contributed by atoms with Crippen LogP contribution in [-0.2, 0) is 0 Å². The molecule has 0 amide bonds. The lowest BCUT2D eigenvalue weighted by molar-refractivity contribution is 0.286. The van der Waals surface area contributed by atoms with E-state index in [1.165, 1.54) is 32.5 Å². The highest BCUT2D eigenvalue weighted by Crippen LogP contribution is 2.10. The predicted octanol–water partition coefficient (Wildman–Crippen LogP) is 3.55. The number of rotatable bonds is 6. The summed E-state index contributed by atoms with van der Waals surface area (Å²) in [5.41, 5.74) is 0.161. The highest BCUT2D eigenvalue weighted by Gasteiger charge is 2.03. The molecule has 0 aromatic carbocycles. The maximum absolute atomic E-state index is 3.28. The second-order valence-electron chi connectivity index (χ2n) is 5.09. The summed E-state index contributed by atoms with van der Waals surface area (Å²) in [5.74, 6) is 6.55. The lowest BCUT2D eigenvalue weighted by Gasteiger charge is -2.18. The molecule has 0 aliphatic rings. The van der Waals surface area contributed by atoms with Gasteiger partial charge in [-0.3, -0.25) is 0 Å². The first kappa shape index (κ1) is 14.5. The third-order valence-corrected chi connectivity index (χ3v) is 2.23. The lowest BCUT2D eigenvalue weighted by atomic mass is 9.98. The second kappa shape index (κ2) is 7.77. The number of nitrogens with zero attached hydrogens (tertiary/aromatic N) is 1. The smallest absolute Gasteiger partial charge is 0.0230 e. The molecule has 0 radical (unpaired) electrons. The van der Waals surface area contributed by atoms with Crippen molar-refractivity contribution in [2.45, 2.75) is 53.9 Å². The van der Waals surface area contributed by atoms with E-state index in [1.54, 1.807) is 0 Å². The summed E-state index contributed by atoms with van der Waals surface area (Å²) < 4.78 is 0. The van der Waals surface area contributed by atoms with Crippen LogP contribution in [0.15, 0.2) is 0 Å². The van der Waals surface area contributed by atoms with E-state index in [-0.39, 0.29) is 5.41 Å². The summed E-state index contributed by atoms with van der Waals surface area (Å²) in [6, 6.07) is 0. The van der Waals surface area contributed by atoms with Crippen LogP contribution in [-0.4, -0.2) is 24.5 Å². The minimum absolute atomic E-state index is 0.161. The van der Waals surface area contributed by atoms with Gasteiger partial charge in [0.1, 0.15) is 0 Å². The first-order valence-corrected chi connectivity index (χ1v) is 6.22. The van der Waals surface area contributed by atoms with Crippen LogP contribution in [0, 0.1) is 17.3 Å². The average molecular weight is 209 g/mol. The number of hydrogen-bond acceptors (Lipinski definition) is 1. The lowest BCUT2D eigenvalue weighted by Crippen LogP contribution is -2.25. The van der Waals surface area contributed by atoms with Gasteiger partial charge in [0, 0.05) is 11.8 Å². The molecule has 0 saturated heterocycles. The van der Waals surface area contributed by atoms with Crippen molar-refractivity contribution in [3.8, 4) is 11.8 Å². The van der Waals surface area contributed by atoms with Gasteiger partial charge in [0.15, 0.2) is 0 Å². The fourth-order valence-electron chi connectivity index (χ4n) is 1.46. The average Bonchev–Trinajstić information content (AvgIpc) is 2.14. The Morgan fingerprint density at radius 3 is 2.20 bits per heavy atom. The van der Waals surface area contributed by atoms with Crippen LogP contribution in [0.4, 0.5) is 0 Å². The van der Waals surface area contributed by atoms with E-state index in [9.17, 15) is 0 Å². The summed E-state index contributed by atoms with van der Waals surface area (Å²) >= 11 is 0. The molecule has 0 fully saturated rings. The van der Waals surface area contributed by atoms with Crippen LogP contribution >= 0.6 is 0 Å². The van der Waals surface area contributed by atoms with Gasteiger partial charge in [-0.05, 0) is 53.2 Å². The summed E-state index contributed by atoms with van der Waals surface area (Å²) in [6.45, 7) is 14.5. The molecule has 0 saturated carbocycles. The molecular formula is C14H27N. The van der Waals surface area contributed by atoms with Crippen LogP contribution in [0.1, 0.15) is 53.9 Å². The topological polar surface area (TPSA) is 3.24 Å². The minimum atomic E-state index is 0.161. The third-order valence-electron chi connectivity index (χ3n) is 2.23. The van der Waals surface area contributed by atoms with Gasteiger partial charge < -0.3 is 4.90 Å². The quantitative estimate of drug-likeness (QED) is 0.478. The maximum Gasteiger partial charge on any atom is 0.0230 e. The molecule has 1 nitrogen and oxygen atoms in total. The molecule has 0 heterocycles. The summed E-state index contributed by atoms with van der Waals surface area (Å²) in [4.78, 5) is 2.50. The van der Waals surface area contributed by atoms with Crippen molar-refractivity contribution in [2.24, 2.45) is 5.41 Å². The van der Waals surface area contributed by atoms with E-state index in [0.717, 1.165) is 6.42 Å². The molecule has 0 aliphatic heterocycles. The molecule has 1 heteroatoms. The van der Waals surface area contributed by atoms with Gasteiger partial charge in [-0.2, -0.15) is 0 Å². The van der Waals surface area contributed by atoms with Crippen molar-refractivity contribution in [2.75, 3.05) is 19.6 Å². The van der Waals surface area contributed by atoms with Gasteiger partial charge >= 0.3 is 0 Å². The van der Waals surface area contributed by atoms with Crippen molar-refractivity contribution in [1.82, 2.24) is 4.90 Å². The Bertz CT molecular complexity index is 202. The summed E-state index contributed by atoms with van der Waals surface area (Å²) in [5, 5.41) is 0.